The number of halogens is 4. The highest BCUT2D eigenvalue weighted by molar-refractivity contribution is 9.10. The summed E-state index contributed by atoms with van der Waals surface area (Å²) in [5.41, 5.74) is 8.07. The maximum atomic E-state index is 6.31. The van der Waals surface area contributed by atoms with Crippen molar-refractivity contribution >= 4 is 67.2 Å². The van der Waals surface area contributed by atoms with Crippen LogP contribution >= 0.6 is 55.1 Å². The predicted molar refractivity (Wildman–Crippen MR) is 120 cm³/mol. The molecule has 0 nitrogen and oxygen atoms in total. The largest absolute Gasteiger partial charge is 0.0843 e. The predicted octanol–water partition coefficient (Wildman–Crippen LogP) is 9.00. The summed E-state index contributed by atoms with van der Waals surface area (Å²) < 4.78 is 2.17. The maximum absolute atomic E-state index is 6.31. The van der Waals surface area contributed by atoms with Gasteiger partial charge in [0.25, 0.3) is 0 Å². The highest BCUT2D eigenvalue weighted by Gasteiger charge is 2.29. The van der Waals surface area contributed by atoms with Gasteiger partial charge in [0.1, 0.15) is 0 Å². The second-order valence-corrected chi connectivity index (χ2v) is 9.82. The first-order valence-corrected chi connectivity index (χ1v) is 11.0. The average molecular weight is 513 g/mol. The van der Waals surface area contributed by atoms with Crippen LogP contribution in [-0.2, 0) is 0 Å². The Hall–Kier alpha value is -0.540. The lowest BCUT2D eigenvalue weighted by Crippen LogP contribution is -2.03. The lowest BCUT2D eigenvalue weighted by molar-refractivity contribution is 0.611. The SMILES string of the molecule is CC1=Cc2c(Br)cc(Cl)cc2C1CCC1C(C)=Cc2c(Br)cc(Cl)cc21. The van der Waals surface area contributed by atoms with E-state index in [0.717, 1.165) is 31.8 Å². The molecule has 0 saturated carbocycles. The molecule has 2 aliphatic carbocycles. The molecular weight excluding hydrogens is 495 g/mol. The summed E-state index contributed by atoms with van der Waals surface area (Å²) in [7, 11) is 0. The van der Waals surface area contributed by atoms with Crippen molar-refractivity contribution in [3.05, 3.63) is 76.7 Å². The van der Waals surface area contributed by atoms with Gasteiger partial charge < -0.3 is 0 Å². The zero-order valence-electron chi connectivity index (χ0n) is 14.5. The van der Waals surface area contributed by atoms with Gasteiger partial charge in [0, 0.05) is 30.8 Å². The standard InChI is InChI=1S/C22H18Br2Cl2/c1-11-5-19-17(7-13(25)9-21(19)23)15(11)3-4-16-12(2)6-20-18(16)8-14(26)10-22(20)24/h5-10,15-16H,3-4H2,1-2H3. The van der Waals surface area contributed by atoms with Gasteiger partial charge in [-0.15, -0.1) is 0 Å². The molecule has 0 amide bonds. The molecule has 0 fully saturated rings. The van der Waals surface area contributed by atoms with Crippen molar-refractivity contribution in [2.45, 2.75) is 38.5 Å². The van der Waals surface area contributed by atoms with Crippen LogP contribution in [0, 0.1) is 0 Å². The van der Waals surface area contributed by atoms with E-state index >= 15 is 0 Å². The van der Waals surface area contributed by atoms with Crippen molar-refractivity contribution < 1.29 is 0 Å². The van der Waals surface area contributed by atoms with Crippen molar-refractivity contribution in [2.24, 2.45) is 0 Å². The summed E-state index contributed by atoms with van der Waals surface area (Å²) in [5, 5.41) is 1.59. The summed E-state index contributed by atoms with van der Waals surface area (Å²) in [6.07, 6.45) is 6.78. The second-order valence-electron chi connectivity index (χ2n) is 7.24. The van der Waals surface area contributed by atoms with Gasteiger partial charge in [0.2, 0.25) is 0 Å². The van der Waals surface area contributed by atoms with Crippen LogP contribution in [0.2, 0.25) is 10.0 Å². The minimum atomic E-state index is 0.430. The van der Waals surface area contributed by atoms with E-state index in [4.69, 9.17) is 23.2 Å². The number of fused-ring (bicyclic) bond motifs is 2. The molecule has 0 spiro atoms. The Labute approximate surface area is 181 Å². The monoisotopic (exact) mass is 510 g/mol. The van der Waals surface area contributed by atoms with E-state index in [-0.39, 0.29) is 0 Å². The highest BCUT2D eigenvalue weighted by atomic mass is 79.9. The smallest absolute Gasteiger partial charge is 0.0420 e. The Balaban J connectivity index is 1.61. The minimum Gasteiger partial charge on any atom is -0.0843 e. The van der Waals surface area contributed by atoms with Gasteiger partial charge in [0.15, 0.2) is 0 Å². The third kappa shape index (κ3) is 3.24. The number of hydrogen-bond acceptors (Lipinski definition) is 0. The van der Waals surface area contributed by atoms with Crippen LogP contribution in [0.4, 0.5) is 0 Å². The van der Waals surface area contributed by atoms with Crippen LogP contribution in [0.25, 0.3) is 12.2 Å². The van der Waals surface area contributed by atoms with E-state index in [1.165, 1.54) is 33.4 Å². The summed E-state index contributed by atoms with van der Waals surface area (Å²) in [5.74, 6) is 0.860. The first-order chi connectivity index (χ1) is 12.3. The Bertz CT molecular complexity index is 893. The highest BCUT2D eigenvalue weighted by Crippen LogP contribution is 2.48. The Morgan fingerprint density at radius 2 is 1.12 bits per heavy atom. The van der Waals surface area contributed by atoms with Gasteiger partial charge in [-0.25, -0.2) is 0 Å². The minimum absolute atomic E-state index is 0.430. The zero-order chi connectivity index (χ0) is 18.6. The fourth-order valence-corrected chi connectivity index (χ4v) is 6.23. The van der Waals surface area contributed by atoms with E-state index in [2.05, 4.69) is 70.0 Å². The molecular formula is C22H18Br2Cl2. The summed E-state index contributed by atoms with van der Waals surface area (Å²) in [4.78, 5) is 0. The van der Waals surface area contributed by atoms with Crippen molar-refractivity contribution in [3.63, 3.8) is 0 Å². The number of rotatable bonds is 3. The molecule has 2 aromatic rings. The Morgan fingerprint density at radius 1 is 0.731 bits per heavy atom. The van der Waals surface area contributed by atoms with E-state index < -0.39 is 0 Å². The Kier molecular flexibility index (Phi) is 5.16. The third-order valence-electron chi connectivity index (χ3n) is 5.59. The van der Waals surface area contributed by atoms with Gasteiger partial charge >= 0.3 is 0 Å². The quantitative estimate of drug-likeness (QED) is 0.385. The molecule has 2 aromatic carbocycles. The normalized spacial score (nSPS) is 20.7. The molecule has 0 saturated heterocycles. The lowest BCUT2D eigenvalue weighted by Gasteiger charge is -2.20. The molecule has 0 heterocycles. The number of allylic oxidation sites excluding steroid dienone is 2. The second kappa shape index (κ2) is 7.13. The molecule has 134 valence electrons. The van der Waals surface area contributed by atoms with E-state index in [1.807, 2.05) is 12.1 Å². The lowest BCUT2D eigenvalue weighted by atomic mass is 9.85. The van der Waals surface area contributed by atoms with Crippen molar-refractivity contribution in [3.8, 4) is 0 Å². The van der Waals surface area contributed by atoms with Crippen LogP contribution in [0.5, 0.6) is 0 Å². The van der Waals surface area contributed by atoms with Crippen LogP contribution in [0.1, 0.15) is 60.8 Å². The molecule has 2 aliphatic rings. The van der Waals surface area contributed by atoms with Crippen LogP contribution in [0.15, 0.2) is 44.4 Å². The topological polar surface area (TPSA) is 0 Å². The third-order valence-corrected chi connectivity index (χ3v) is 7.34. The zero-order valence-corrected chi connectivity index (χ0v) is 19.2. The van der Waals surface area contributed by atoms with E-state index in [1.54, 1.807) is 0 Å². The van der Waals surface area contributed by atoms with Crippen LogP contribution in [0.3, 0.4) is 0 Å². The summed E-state index contributed by atoms with van der Waals surface area (Å²) >= 11 is 19.9. The molecule has 0 aromatic heterocycles. The van der Waals surface area contributed by atoms with Gasteiger partial charge in [-0.05, 0) is 73.2 Å². The van der Waals surface area contributed by atoms with Gasteiger partial charge in [0.05, 0.1) is 0 Å². The molecule has 0 radical (unpaired) electrons. The molecule has 0 bridgehead atoms. The Morgan fingerprint density at radius 3 is 1.50 bits per heavy atom. The van der Waals surface area contributed by atoms with Gasteiger partial charge in [-0.2, -0.15) is 0 Å². The van der Waals surface area contributed by atoms with E-state index in [9.17, 15) is 0 Å². The number of hydrogen-bond donors (Lipinski definition) is 0. The number of benzene rings is 2. The van der Waals surface area contributed by atoms with Crippen molar-refractivity contribution in [1.82, 2.24) is 0 Å². The molecule has 2 atom stereocenters. The van der Waals surface area contributed by atoms with Gasteiger partial charge in [-0.1, -0.05) is 78.4 Å². The molecule has 0 N–H and O–H groups in total. The maximum Gasteiger partial charge on any atom is 0.0420 e. The molecule has 26 heavy (non-hydrogen) atoms. The van der Waals surface area contributed by atoms with Crippen LogP contribution < -0.4 is 0 Å². The fraction of sp³-hybridized carbons (Fsp3) is 0.273. The van der Waals surface area contributed by atoms with Crippen LogP contribution in [-0.4, -0.2) is 0 Å². The average Bonchev–Trinajstić information content (AvgIpc) is 3.03. The molecule has 4 rings (SSSR count). The fourth-order valence-electron chi connectivity index (χ4n) is 4.34. The van der Waals surface area contributed by atoms with E-state index in [0.29, 0.717) is 11.8 Å². The molecule has 0 aliphatic heterocycles. The van der Waals surface area contributed by atoms with Gasteiger partial charge in [-0.3, -0.25) is 0 Å². The first-order valence-electron chi connectivity index (χ1n) is 8.69. The summed E-state index contributed by atoms with van der Waals surface area (Å²) in [6.45, 7) is 4.45. The van der Waals surface area contributed by atoms with Crippen molar-refractivity contribution in [1.29, 1.82) is 0 Å². The van der Waals surface area contributed by atoms with Crippen molar-refractivity contribution in [2.75, 3.05) is 0 Å². The first kappa shape index (κ1) is 18.8. The molecule has 4 heteroatoms. The molecule has 2 unspecified atom stereocenters. The summed E-state index contributed by atoms with van der Waals surface area (Å²) in [6, 6.07) is 8.20.